The number of para-hydroxylation sites is 2. The molecule has 0 saturated carbocycles. The number of hydrogen-bond acceptors (Lipinski definition) is 6. The average molecular weight is 666 g/mol. The van der Waals surface area contributed by atoms with Crippen molar-refractivity contribution in [1.82, 2.24) is 4.57 Å². The number of carboxylic acid groups (broad SMARTS) is 1. The topological polar surface area (TPSA) is 115 Å². The van der Waals surface area contributed by atoms with Gasteiger partial charge in [0.2, 0.25) is 0 Å². The molecular weight excluding hydrogens is 594 g/mol. The molecule has 0 saturated heterocycles. The van der Waals surface area contributed by atoms with Gasteiger partial charge in [0, 0.05) is 33.4 Å². The molecule has 1 heterocycles. The highest BCUT2D eigenvalue weighted by Gasteiger charge is 2.16. The maximum Gasteiger partial charge on any atom is 0.333 e. The minimum atomic E-state index is -1.01. The van der Waals surface area contributed by atoms with Crippen LogP contribution in [0.3, 0.4) is 0 Å². The summed E-state index contributed by atoms with van der Waals surface area (Å²) in [4.78, 5) is 32.2. The van der Waals surface area contributed by atoms with E-state index in [1.807, 2.05) is 13.8 Å². The van der Waals surface area contributed by atoms with Crippen LogP contribution < -0.4 is 0 Å². The fourth-order valence-electron chi connectivity index (χ4n) is 3.62. The number of aliphatic carboxylic acids is 1. The summed E-state index contributed by atoms with van der Waals surface area (Å²) in [5.74, 6) is -2.02. The van der Waals surface area contributed by atoms with Gasteiger partial charge in [0.1, 0.15) is 19.3 Å². The molecule has 8 nitrogen and oxygen atoms in total. The molecule has 2 aromatic carbocycles. The van der Waals surface area contributed by atoms with Crippen LogP contribution in [-0.2, 0) is 23.9 Å². The Morgan fingerprint density at radius 2 is 1.13 bits per heavy atom. The second-order valence-corrected chi connectivity index (χ2v) is 10.3. The molecular formula is C39H71NO7. The number of esters is 2. The summed E-state index contributed by atoms with van der Waals surface area (Å²) in [6.45, 7) is 16.2. The molecule has 0 aliphatic rings. The first-order valence-electron chi connectivity index (χ1n) is 14.3. The molecule has 1 aromatic heterocycles. The molecule has 0 radical (unpaired) electrons. The first-order valence-corrected chi connectivity index (χ1v) is 14.3. The zero-order valence-electron chi connectivity index (χ0n) is 25.6. The zero-order valence-corrected chi connectivity index (χ0v) is 25.6. The third kappa shape index (κ3) is 17.7. The van der Waals surface area contributed by atoms with Crippen LogP contribution in [0.4, 0.5) is 0 Å². The zero-order chi connectivity index (χ0) is 31.1. The van der Waals surface area contributed by atoms with Gasteiger partial charge in [0.05, 0.1) is 11.8 Å². The van der Waals surface area contributed by atoms with Crippen LogP contribution >= 0.6 is 0 Å². The van der Waals surface area contributed by atoms with Gasteiger partial charge in [0.25, 0.3) is 0 Å². The smallest absolute Gasteiger partial charge is 0.333 e. The molecule has 0 aliphatic carbocycles. The molecule has 0 fully saturated rings. The second-order valence-electron chi connectivity index (χ2n) is 10.3. The number of aliphatic hydroxyl groups is 1. The van der Waals surface area contributed by atoms with E-state index < -0.39 is 18.0 Å². The Bertz CT molecular complexity index is 1230. The van der Waals surface area contributed by atoms with Crippen molar-refractivity contribution in [3.05, 3.63) is 60.7 Å². The van der Waals surface area contributed by atoms with Crippen LogP contribution in [0.2, 0.25) is 0 Å². The van der Waals surface area contributed by atoms with Crippen molar-refractivity contribution in [2.45, 2.75) is 124 Å². The van der Waals surface area contributed by atoms with Crippen molar-refractivity contribution in [2.24, 2.45) is 11.8 Å². The van der Waals surface area contributed by atoms with Gasteiger partial charge in [-0.3, -0.25) is 9.59 Å². The van der Waals surface area contributed by atoms with Gasteiger partial charge in [-0.1, -0.05) is 122 Å². The van der Waals surface area contributed by atoms with Crippen molar-refractivity contribution in [3.8, 4) is 0 Å². The molecule has 0 spiro atoms. The summed E-state index contributed by atoms with van der Waals surface area (Å²) in [7, 11) is 0. The average Bonchev–Trinajstić information content (AvgIpc) is 3.32. The lowest BCUT2D eigenvalue weighted by Gasteiger charge is -2.14. The second kappa shape index (κ2) is 28.6. The summed E-state index contributed by atoms with van der Waals surface area (Å²) < 4.78 is 12.0. The Morgan fingerprint density at radius 1 is 0.723 bits per heavy atom. The lowest BCUT2D eigenvalue weighted by Crippen LogP contribution is -2.27. The Balaban J connectivity index is -0.000000135. The third-order valence-electron chi connectivity index (χ3n) is 6.87. The maximum atomic E-state index is 11.3. The lowest BCUT2D eigenvalue weighted by molar-refractivity contribution is -0.153. The van der Waals surface area contributed by atoms with Gasteiger partial charge < -0.3 is 24.3 Å². The van der Waals surface area contributed by atoms with E-state index in [0.29, 0.717) is 12.5 Å². The molecule has 0 bridgehead atoms. The number of aromatic nitrogens is 1. The number of ether oxygens (including phenoxy) is 2. The van der Waals surface area contributed by atoms with E-state index in [4.69, 9.17) is 14.6 Å². The van der Waals surface area contributed by atoms with Crippen molar-refractivity contribution in [2.75, 3.05) is 13.2 Å². The first kappa shape index (κ1) is 55.7. The van der Waals surface area contributed by atoms with Crippen LogP contribution in [0.5, 0.6) is 0 Å². The number of carboxylic acids is 1. The Morgan fingerprint density at radius 3 is 1.47 bits per heavy atom. The predicted molar refractivity (Wildman–Crippen MR) is 204 cm³/mol. The Hall–Kier alpha value is -3.65. The minimum absolute atomic E-state index is 0. The number of fused-ring (bicyclic) bond motifs is 3. The fourth-order valence-corrected chi connectivity index (χ4v) is 3.62. The normalized spacial score (nSPS) is 11.7. The number of aliphatic hydroxyl groups excluding tert-OH is 1. The van der Waals surface area contributed by atoms with Crippen LogP contribution in [0.15, 0.2) is 60.7 Å². The number of benzene rings is 2. The highest BCUT2D eigenvalue weighted by atomic mass is 16.6. The van der Waals surface area contributed by atoms with Crippen molar-refractivity contribution in [3.63, 3.8) is 0 Å². The summed E-state index contributed by atoms with van der Waals surface area (Å²) in [5.41, 5.74) is 2.96. The molecule has 3 aromatic rings. The third-order valence-corrected chi connectivity index (χ3v) is 6.87. The summed E-state index contributed by atoms with van der Waals surface area (Å²) in [6, 6.07) is 17.9. The SMILES string of the molecule is C.C.C.C.C.C.C=C(C)C(=O)OCC(O)COC(=O)C(C)CC.CCC(C)C(=O)O.CCC(C)n1c2ccccc2c2ccccc21. The highest BCUT2D eigenvalue weighted by Crippen LogP contribution is 2.32. The van der Waals surface area contributed by atoms with Crippen LogP contribution in [0.1, 0.15) is 118 Å². The van der Waals surface area contributed by atoms with Gasteiger partial charge >= 0.3 is 17.9 Å². The first-order chi connectivity index (χ1) is 19.4. The Labute approximate surface area is 288 Å². The maximum absolute atomic E-state index is 11.3. The highest BCUT2D eigenvalue weighted by molar-refractivity contribution is 6.08. The lowest BCUT2D eigenvalue weighted by atomic mass is 10.1. The van der Waals surface area contributed by atoms with E-state index in [1.54, 1.807) is 13.8 Å². The number of carbonyl (C=O) groups excluding carboxylic acids is 2. The van der Waals surface area contributed by atoms with Crippen LogP contribution in [0, 0.1) is 11.8 Å². The summed E-state index contributed by atoms with van der Waals surface area (Å²) >= 11 is 0. The molecule has 8 heteroatoms. The summed E-state index contributed by atoms with van der Waals surface area (Å²) in [5, 5.41) is 20.3. The quantitative estimate of drug-likeness (QED) is 0.155. The van der Waals surface area contributed by atoms with E-state index >= 15 is 0 Å². The van der Waals surface area contributed by atoms with Crippen LogP contribution in [-0.4, -0.2) is 52.0 Å². The molecule has 4 unspecified atom stereocenters. The number of nitrogens with zero attached hydrogens (tertiary/aromatic N) is 1. The largest absolute Gasteiger partial charge is 0.481 e. The van der Waals surface area contributed by atoms with Crippen LogP contribution in [0.25, 0.3) is 21.8 Å². The number of rotatable bonds is 11. The molecule has 0 aliphatic heterocycles. The summed E-state index contributed by atoms with van der Waals surface area (Å²) in [6.07, 6.45) is 1.55. The standard InChI is InChI=1S/C16H17N.C12H20O5.C5H10O2.6CH4/c1-3-12(2)17-15-10-6-4-8-13(15)14-9-5-7-11-16(14)17;1-5-9(4)12(15)17-7-10(13)6-16-11(14)8(2)3;1-3-4(2)5(6)7;;;;;;/h4-12H,3H2,1-2H3;9-10,13H,2,5-7H2,1,3-4H3;4H,3H2,1-2H3,(H,6,7);6*1H4. The van der Waals surface area contributed by atoms with Crippen molar-refractivity contribution >= 4 is 39.7 Å². The van der Waals surface area contributed by atoms with Gasteiger partial charge in [-0.15, -0.1) is 0 Å². The minimum Gasteiger partial charge on any atom is -0.481 e. The molecule has 3 rings (SSSR count). The van der Waals surface area contributed by atoms with Gasteiger partial charge in [-0.05, 0) is 45.2 Å². The van der Waals surface area contributed by atoms with Gasteiger partial charge in [-0.25, -0.2) is 4.79 Å². The van der Waals surface area contributed by atoms with Gasteiger partial charge in [-0.2, -0.15) is 0 Å². The van der Waals surface area contributed by atoms with E-state index in [2.05, 4.69) is 73.5 Å². The molecule has 2 N–H and O–H groups in total. The van der Waals surface area contributed by atoms with Gasteiger partial charge in [0.15, 0.2) is 0 Å². The molecule has 47 heavy (non-hydrogen) atoms. The van der Waals surface area contributed by atoms with E-state index in [0.717, 1.165) is 12.8 Å². The molecule has 0 amide bonds. The van der Waals surface area contributed by atoms with Crippen molar-refractivity contribution in [1.29, 1.82) is 0 Å². The predicted octanol–water partition coefficient (Wildman–Crippen LogP) is 10.8. The molecule has 274 valence electrons. The Kier molecular flexibility index (Phi) is 33.9. The van der Waals surface area contributed by atoms with Crippen molar-refractivity contribution < 1.29 is 34.1 Å². The van der Waals surface area contributed by atoms with E-state index in [1.165, 1.54) is 28.7 Å². The fraction of sp³-hybridized carbons (Fsp3) is 0.564. The molecule has 4 atom stereocenters. The monoisotopic (exact) mass is 666 g/mol. The number of hydrogen-bond donors (Lipinski definition) is 2. The number of carbonyl (C=O) groups is 3. The van der Waals surface area contributed by atoms with E-state index in [-0.39, 0.29) is 81.2 Å². The van der Waals surface area contributed by atoms with E-state index in [9.17, 15) is 19.5 Å².